The summed E-state index contributed by atoms with van der Waals surface area (Å²) in [7, 11) is 0. The second-order valence-electron chi connectivity index (χ2n) is 3.65. The van der Waals surface area contributed by atoms with Crippen LogP contribution in [0.3, 0.4) is 0 Å². The van der Waals surface area contributed by atoms with Crippen LogP contribution in [0, 0.1) is 5.82 Å². The van der Waals surface area contributed by atoms with Crippen molar-refractivity contribution in [2.24, 2.45) is 0 Å². The summed E-state index contributed by atoms with van der Waals surface area (Å²) >= 11 is 0. The van der Waals surface area contributed by atoms with Gasteiger partial charge in [0, 0.05) is 6.54 Å². The van der Waals surface area contributed by atoms with Gasteiger partial charge in [-0.15, -0.1) is 0 Å². The zero-order chi connectivity index (χ0) is 11.3. The molecule has 0 aliphatic heterocycles. The highest BCUT2D eigenvalue weighted by Crippen LogP contribution is 2.17. The van der Waals surface area contributed by atoms with Crippen molar-refractivity contribution in [2.45, 2.75) is 26.8 Å². The lowest BCUT2D eigenvalue weighted by molar-refractivity contribution is 0.280. The van der Waals surface area contributed by atoms with Crippen LogP contribution < -0.4 is 0 Å². The Morgan fingerprint density at radius 3 is 2.60 bits per heavy atom. The van der Waals surface area contributed by atoms with Crippen LogP contribution in [-0.2, 0) is 6.54 Å². The standard InChI is InChI=1S/C12H18FNO/c1-3-7-14(4-2)9-10-5-6-12(15)11(13)8-10/h5-6,8,15H,3-4,7,9H2,1-2H3. The van der Waals surface area contributed by atoms with Crippen molar-refractivity contribution in [3.05, 3.63) is 29.6 Å². The second kappa shape index (κ2) is 5.71. The van der Waals surface area contributed by atoms with E-state index in [0.29, 0.717) is 0 Å². The fourth-order valence-corrected chi connectivity index (χ4v) is 1.57. The molecule has 0 amide bonds. The minimum atomic E-state index is -0.542. The van der Waals surface area contributed by atoms with E-state index in [1.165, 1.54) is 12.1 Å². The molecule has 0 unspecified atom stereocenters. The monoisotopic (exact) mass is 211 g/mol. The number of hydrogen-bond acceptors (Lipinski definition) is 2. The molecular formula is C12H18FNO. The molecule has 0 spiro atoms. The van der Waals surface area contributed by atoms with Gasteiger partial charge in [0.25, 0.3) is 0 Å². The van der Waals surface area contributed by atoms with Crippen LogP contribution in [0.15, 0.2) is 18.2 Å². The average Bonchev–Trinajstić information content (AvgIpc) is 2.23. The lowest BCUT2D eigenvalue weighted by Crippen LogP contribution is -2.23. The van der Waals surface area contributed by atoms with Crippen LogP contribution in [0.1, 0.15) is 25.8 Å². The lowest BCUT2D eigenvalue weighted by atomic mass is 10.2. The SMILES string of the molecule is CCCN(CC)Cc1ccc(O)c(F)c1. The third kappa shape index (κ3) is 3.51. The molecule has 1 aromatic rings. The fourth-order valence-electron chi connectivity index (χ4n) is 1.57. The molecule has 0 saturated heterocycles. The molecule has 0 fully saturated rings. The summed E-state index contributed by atoms with van der Waals surface area (Å²) in [6.07, 6.45) is 1.09. The van der Waals surface area contributed by atoms with Gasteiger partial charge in [-0.3, -0.25) is 4.90 Å². The van der Waals surface area contributed by atoms with E-state index in [-0.39, 0.29) is 5.75 Å². The number of hydrogen-bond donors (Lipinski definition) is 1. The number of rotatable bonds is 5. The first-order valence-corrected chi connectivity index (χ1v) is 5.37. The molecule has 1 N–H and O–H groups in total. The van der Waals surface area contributed by atoms with Crippen molar-refractivity contribution in [1.29, 1.82) is 0 Å². The van der Waals surface area contributed by atoms with E-state index in [9.17, 15) is 4.39 Å². The first kappa shape index (κ1) is 12.0. The van der Waals surface area contributed by atoms with Gasteiger partial charge in [0.1, 0.15) is 0 Å². The molecule has 2 nitrogen and oxygen atoms in total. The second-order valence-corrected chi connectivity index (χ2v) is 3.65. The summed E-state index contributed by atoms with van der Waals surface area (Å²) in [5.74, 6) is -0.822. The Morgan fingerprint density at radius 1 is 1.33 bits per heavy atom. The van der Waals surface area contributed by atoms with Crippen molar-refractivity contribution in [3.63, 3.8) is 0 Å². The molecule has 0 aromatic heterocycles. The Bertz CT molecular complexity index is 314. The van der Waals surface area contributed by atoms with E-state index in [2.05, 4.69) is 18.7 Å². The summed E-state index contributed by atoms with van der Waals surface area (Å²) < 4.78 is 13.1. The van der Waals surface area contributed by atoms with E-state index in [1.54, 1.807) is 6.07 Å². The Kier molecular flexibility index (Phi) is 4.56. The number of phenolic OH excluding ortho intramolecular Hbond substituents is 1. The summed E-state index contributed by atoms with van der Waals surface area (Å²) in [4.78, 5) is 2.24. The minimum Gasteiger partial charge on any atom is -0.505 e. The van der Waals surface area contributed by atoms with Gasteiger partial charge in [-0.05, 0) is 37.2 Å². The number of phenols is 1. The largest absolute Gasteiger partial charge is 0.505 e. The molecule has 0 bridgehead atoms. The predicted molar refractivity (Wildman–Crippen MR) is 59.3 cm³/mol. The van der Waals surface area contributed by atoms with E-state index in [4.69, 9.17) is 5.11 Å². The first-order valence-electron chi connectivity index (χ1n) is 5.37. The van der Waals surface area contributed by atoms with E-state index < -0.39 is 5.82 Å². The van der Waals surface area contributed by atoms with Crippen LogP contribution in [0.4, 0.5) is 4.39 Å². The van der Waals surface area contributed by atoms with Gasteiger partial charge in [-0.1, -0.05) is 19.9 Å². The normalized spacial score (nSPS) is 10.9. The third-order valence-corrected chi connectivity index (χ3v) is 2.41. The quantitative estimate of drug-likeness (QED) is 0.809. The number of halogens is 1. The summed E-state index contributed by atoms with van der Waals surface area (Å²) in [6.45, 7) is 6.92. The van der Waals surface area contributed by atoms with Crippen molar-refractivity contribution in [2.75, 3.05) is 13.1 Å². The molecule has 3 heteroatoms. The van der Waals surface area contributed by atoms with Crippen LogP contribution in [0.2, 0.25) is 0 Å². The van der Waals surface area contributed by atoms with Crippen LogP contribution in [0.5, 0.6) is 5.75 Å². The molecule has 84 valence electrons. The predicted octanol–water partition coefficient (Wildman–Crippen LogP) is 2.76. The van der Waals surface area contributed by atoms with Gasteiger partial charge in [0.2, 0.25) is 0 Å². The van der Waals surface area contributed by atoms with Crippen molar-refractivity contribution in [3.8, 4) is 5.75 Å². The zero-order valence-electron chi connectivity index (χ0n) is 9.33. The Hall–Kier alpha value is -1.09. The number of aromatic hydroxyl groups is 1. The van der Waals surface area contributed by atoms with Crippen molar-refractivity contribution >= 4 is 0 Å². The summed E-state index contributed by atoms with van der Waals surface area (Å²) in [5.41, 5.74) is 0.903. The van der Waals surface area contributed by atoms with E-state index in [0.717, 1.165) is 31.6 Å². The molecule has 0 atom stereocenters. The third-order valence-electron chi connectivity index (χ3n) is 2.41. The van der Waals surface area contributed by atoms with Crippen LogP contribution >= 0.6 is 0 Å². The molecule has 0 aliphatic rings. The summed E-state index contributed by atoms with van der Waals surface area (Å²) in [5, 5.41) is 9.05. The Labute approximate surface area is 90.3 Å². The van der Waals surface area contributed by atoms with Gasteiger partial charge in [-0.2, -0.15) is 0 Å². The maximum atomic E-state index is 13.1. The smallest absolute Gasteiger partial charge is 0.165 e. The highest BCUT2D eigenvalue weighted by atomic mass is 19.1. The van der Waals surface area contributed by atoms with E-state index >= 15 is 0 Å². The number of benzene rings is 1. The van der Waals surface area contributed by atoms with Gasteiger partial charge < -0.3 is 5.11 Å². The summed E-state index contributed by atoms with van der Waals surface area (Å²) in [6, 6.07) is 4.56. The Morgan fingerprint density at radius 2 is 2.07 bits per heavy atom. The topological polar surface area (TPSA) is 23.5 Å². The molecule has 0 aliphatic carbocycles. The first-order chi connectivity index (χ1) is 7.17. The van der Waals surface area contributed by atoms with Gasteiger partial charge in [-0.25, -0.2) is 4.39 Å². The molecule has 0 radical (unpaired) electrons. The highest BCUT2D eigenvalue weighted by molar-refractivity contribution is 5.27. The molecule has 0 saturated carbocycles. The molecule has 1 rings (SSSR count). The lowest BCUT2D eigenvalue weighted by Gasteiger charge is -2.19. The van der Waals surface area contributed by atoms with Gasteiger partial charge >= 0.3 is 0 Å². The highest BCUT2D eigenvalue weighted by Gasteiger charge is 2.05. The van der Waals surface area contributed by atoms with Gasteiger partial charge in [0.15, 0.2) is 11.6 Å². The minimum absolute atomic E-state index is 0.280. The maximum Gasteiger partial charge on any atom is 0.165 e. The van der Waals surface area contributed by atoms with Crippen molar-refractivity contribution in [1.82, 2.24) is 4.90 Å². The average molecular weight is 211 g/mol. The van der Waals surface area contributed by atoms with E-state index in [1.807, 2.05) is 0 Å². The van der Waals surface area contributed by atoms with Crippen LogP contribution in [0.25, 0.3) is 0 Å². The number of nitrogens with zero attached hydrogens (tertiary/aromatic N) is 1. The maximum absolute atomic E-state index is 13.1. The van der Waals surface area contributed by atoms with Gasteiger partial charge in [0.05, 0.1) is 0 Å². The molecular weight excluding hydrogens is 193 g/mol. The van der Waals surface area contributed by atoms with Crippen LogP contribution in [-0.4, -0.2) is 23.1 Å². The van der Waals surface area contributed by atoms with Crippen molar-refractivity contribution < 1.29 is 9.50 Å². The molecule has 15 heavy (non-hydrogen) atoms. The molecule has 0 heterocycles. The Balaban J connectivity index is 2.66. The molecule has 1 aromatic carbocycles. The fraction of sp³-hybridized carbons (Fsp3) is 0.500. The zero-order valence-corrected chi connectivity index (χ0v) is 9.33.